The molecule has 0 heterocycles. The predicted octanol–water partition coefficient (Wildman–Crippen LogP) is 0.585. The van der Waals surface area contributed by atoms with Gasteiger partial charge in [-0.1, -0.05) is 49.1 Å². The Morgan fingerprint density at radius 3 is 2.00 bits per heavy atom. The summed E-state index contributed by atoms with van der Waals surface area (Å²) >= 11 is 0. The molecule has 1 aromatic carbocycles. The highest BCUT2D eigenvalue weighted by molar-refractivity contribution is 6.88. The van der Waals surface area contributed by atoms with Gasteiger partial charge in [0.1, 0.15) is 6.10 Å². The summed E-state index contributed by atoms with van der Waals surface area (Å²) in [5.41, 5.74) is 6.03. The molecule has 0 spiro atoms. The van der Waals surface area contributed by atoms with Gasteiger partial charge < -0.3 is 15.9 Å². The predicted molar refractivity (Wildman–Crippen MR) is 69.4 cm³/mol. The molecule has 0 saturated heterocycles. The lowest BCUT2D eigenvalue weighted by Crippen LogP contribution is -2.37. The topological polar surface area (TPSA) is 66.5 Å². The van der Waals surface area contributed by atoms with Gasteiger partial charge in [-0.05, 0) is 5.56 Å². The monoisotopic (exact) mass is 239 g/mol. The molecule has 2 atom stereocenters. The largest absolute Gasteiger partial charge is 0.389 e. The van der Waals surface area contributed by atoms with E-state index in [1.54, 1.807) is 0 Å². The Labute approximate surface area is 97.9 Å². The standard InChI is InChI=1S/C12H21NO2Si/c1-16(2,3)10-6-4-9(5-7-10)12(15)11(14)8-13/h4-7,11-12,14-15H,8,13H2,1-3H3. The van der Waals surface area contributed by atoms with Gasteiger partial charge in [0.25, 0.3) is 0 Å². The van der Waals surface area contributed by atoms with E-state index in [0.29, 0.717) is 0 Å². The van der Waals surface area contributed by atoms with E-state index in [1.807, 2.05) is 24.3 Å². The lowest BCUT2D eigenvalue weighted by molar-refractivity contribution is 0.0243. The molecular weight excluding hydrogens is 218 g/mol. The van der Waals surface area contributed by atoms with Gasteiger partial charge in [-0.15, -0.1) is 0 Å². The van der Waals surface area contributed by atoms with Crippen molar-refractivity contribution in [1.29, 1.82) is 0 Å². The highest BCUT2D eigenvalue weighted by atomic mass is 28.3. The molecule has 4 heteroatoms. The normalized spacial score (nSPS) is 15.9. The van der Waals surface area contributed by atoms with Gasteiger partial charge in [-0.3, -0.25) is 0 Å². The average Bonchev–Trinajstić information content (AvgIpc) is 2.26. The highest BCUT2D eigenvalue weighted by Gasteiger charge is 2.19. The molecule has 0 bridgehead atoms. The Balaban J connectivity index is 2.87. The van der Waals surface area contributed by atoms with Gasteiger partial charge in [0.05, 0.1) is 14.2 Å². The van der Waals surface area contributed by atoms with Crippen molar-refractivity contribution in [1.82, 2.24) is 0 Å². The van der Waals surface area contributed by atoms with Crippen LogP contribution in [0.2, 0.25) is 19.6 Å². The Bertz CT molecular complexity index is 332. The van der Waals surface area contributed by atoms with Crippen molar-refractivity contribution in [3.8, 4) is 0 Å². The zero-order valence-electron chi connectivity index (χ0n) is 10.1. The molecule has 0 aliphatic heterocycles. The minimum absolute atomic E-state index is 0.0664. The van der Waals surface area contributed by atoms with E-state index in [-0.39, 0.29) is 6.54 Å². The summed E-state index contributed by atoms with van der Waals surface area (Å²) in [6, 6.07) is 7.82. The maximum Gasteiger partial charge on any atom is 0.106 e. The summed E-state index contributed by atoms with van der Waals surface area (Å²) in [6.07, 6.45) is -1.78. The van der Waals surface area contributed by atoms with E-state index < -0.39 is 20.3 Å². The number of aliphatic hydroxyl groups is 2. The first-order valence-corrected chi connectivity index (χ1v) is 9.03. The van der Waals surface area contributed by atoms with Crippen LogP contribution in [0.3, 0.4) is 0 Å². The van der Waals surface area contributed by atoms with Crippen molar-refractivity contribution in [2.75, 3.05) is 6.54 Å². The van der Waals surface area contributed by atoms with Crippen molar-refractivity contribution in [2.45, 2.75) is 31.8 Å². The lowest BCUT2D eigenvalue weighted by Gasteiger charge is -2.20. The second-order valence-electron chi connectivity index (χ2n) is 5.12. The fourth-order valence-corrected chi connectivity index (χ4v) is 2.70. The van der Waals surface area contributed by atoms with Crippen LogP contribution in [-0.4, -0.2) is 30.9 Å². The molecule has 3 nitrogen and oxygen atoms in total. The minimum Gasteiger partial charge on any atom is -0.389 e. The number of hydrogen-bond acceptors (Lipinski definition) is 3. The molecule has 0 aromatic heterocycles. The summed E-state index contributed by atoms with van der Waals surface area (Å²) in [7, 11) is -1.30. The molecule has 4 N–H and O–H groups in total. The van der Waals surface area contributed by atoms with Crippen molar-refractivity contribution < 1.29 is 10.2 Å². The van der Waals surface area contributed by atoms with Crippen LogP contribution in [0.15, 0.2) is 24.3 Å². The van der Waals surface area contributed by atoms with Crippen LogP contribution in [-0.2, 0) is 0 Å². The zero-order chi connectivity index (χ0) is 12.3. The SMILES string of the molecule is C[Si](C)(C)c1ccc(C(O)C(O)CN)cc1. The molecule has 2 unspecified atom stereocenters. The van der Waals surface area contributed by atoms with E-state index in [2.05, 4.69) is 19.6 Å². The first kappa shape index (κ1) is 13.4. The number of aliphatic hydroxyl groups excluding tert-OH is 2. The Hall–Kier alpha value is -0.683. The van der Waals surface area contributed by atoms with E-state index >= 15 is 0 Å². The lowest BCUT2D eigenvalue weighted by atomic mass is 10.0. The molecule has 0 radical (unpaired) electrons. The fourth-order valence-electron chi connectivity index (χ4n) is 1.53. The molecule has 1 aromatic rings. The Morgan fingerprint density at radius 2 is 1.62 bits per heavy atom. The Morgan fingerprint density at radius 1 is 1.12 bits per heavy atom. The maximum atomic E-state index is 9.76. The highest BCUT2D eigenvalue weighted by Crippen LogP contribution is 2.16. The molecule has 1 rings (SSSR count). The second-order valence-corrected chi connectivity index (χ2v) is 10.2. The van der Waals surface area contributed by atoms with Crippen LogP contribution in [0, 0.1) is 0 Å². The molecule has 90 valence electrons. The fraction of sp³-hybridized carbons (Fsp3) is 0.500. The van der Waals surface area contributed by atoms with Crippen LogP contribution < -0.4 is 10.9 Å². The van der Waals surface area contributed by atoms with E-state index in [9.17, 15) is 10.2 Å². The van der Waals surface area contributed by atoms with Crippen LogP contribution in [0.5, 0.6) is 0 Å². The van der Waals surface area contributed by atoms with Crippen LogP contribution in [0.4, 0.5) is 0 Å². The summed E-state index contributed by atoms with van der Waals surface area (Å²) in [6.45, 7) is 6.88. The quantitative estimate of drug-likeness (QED) is 0.674. The van der Waals surface area contributed by atoms with Gasteiger partial charge in [-0.25, -0.2) is 0 Å². The summed E-state index contributed by atoms with van der Waals surface area (Å²) in [5.74, 6) is 0. The van der Waals surface area contributed by atoms with Crippen LogP contribution in [0.1, 0.15) is 11.7 Å². The van der Waals surface area contributed by atoms with Gasteiger partial charge in [0.15, 0.2) is 0 Å². The van der Waals surface area contributed by atoms with Gasteiger partial charge >= 0.3 is 0 Å². The molecule has 0 saturated carbocycles. The van der Waals surface area contributed by atoms with Gasteiger partial charge in [0.2, 0.25) is 0 Å². The molecular formula is C12H21NO2Si. The second kappa shape index (κ2) is 5.10. The number of hydrogen-bond donors (Lipinski definition) is 3. The minimum atomic E-state index is -1.30. The first-order valence-electron chi connectivity index (χ1n) is 5.53. The average molecular weight is 239 g/mol. The zero-order valence-corrected chi connectivity index (χ0v) is 11.1. The van der Waals surface area contributed by atoms with E-state index in [4.69, 9.17) is 5.73 Å². The summed E-state index contributed by atoms with van der Waals surface area (Å²) in [4.78, 5) is 0. The maximum absolute atomic E-state index is 9.76. The van der Waals surface area contributed by atoms with Gasteiger partial charge in [0, 0.05) is 6.54 Å². The van der Waals surface area contributed by atoms with Crippen molar-refractivity contribution >= 4 is 13.3 Å². The number of nitrogens with two attached hydrogens (primary N) is 1. The third-order valence-corrected chi connectivity index (χ3v) is 4.79. The first-order chi connectivity index (χ1) is 7.36. The van der Waals surface area contributed by atoms with Crippen molar-refractivity contribution in [3.05, 3.63) is 29.8 Å². The van der Waals surface area contributed by atoms with Crippen LogP contribution in [0.25, 0.3) is 0 Å². The smallest absolute Gasteiger partial charge is 0.106 e. The molecule has 16 heavy (non-hydrogen) atoms. The van der Waals surface area contributed by atoms with Crippen LogP contribution >= 0.6 is 0 Å². The molecule has 0 fully saturated rings. The third kappa shape index (κ3) is 3.15. The Kier molecular flexibility index (Phi) is 4.26. The van der Waals surface area contributed by atoms with E-state index in [0.717, 1.165) is 5.56 Å². The molecule has 0 aliphatic carbocycles. The number of rotatable bonds is 4. The summed E-state index contributed by atoms with van der Waals surface area (Å²) in [5, 5.41) is 20.5. The van der Waals surface area contributed by atoms with Gasteiger partial charge in [-0.2, -0.15) is 0 Å². The number of benzene rings is 1. The molecule has 0 amide bonds. The van der Waals surface area contributed by atoms with Crippen molar-refractivity contribution in [3.63, 3.8) is 0 Å². The van der Waals surface area contributed by atoms with Crippen molar-refractivity contribution in [2.24, 2.45) is 5.73 Å². The molecule has 0 aliphatic rings. The third-order valence-electron chi connectivity index (χ3n) is 2.72. The summed E-state index contributed by atoms with van der Waals surface area (Å²) < 4.78 is 0. The van der Waals surface area contributed by atoms with E-state index in [1.165, 1.54) is 5.19 Å².